The monoisotopic (exact) mass is 276 g/mol. The van der Waals surface area contributed by atoms with Crippen molar-refractivity contribution in [1.29, 1.82) is 0 Å². The van der Waals surface area contributed by atoms with Gasteiger partial charge in [0.1, 0.15) is 11.3 Å². The lowest BCUT2D eigenvalue weighted by atomic mass is 10.3. The number of imidazole rings is 1. The molecule has 0 aliphatic rings. The smallest absolute Gasteiger partial charge is 0.160 e. The molecule has 0 aliphatic heterocycles. The Balaban J connectivity index is 2.19. The van der Waals surface area contributed by atoms with Gasteiger partial charge in [0.15, 0.2) is 11.4 Å². The van der Waals surface area contributed by atoms with Gasteiger partial charge in [0.05, 0.1) is 18.1 Å². The zero-order chi connectivity index (χ0) is 13.4. The maximum Gasteiger partial charge on any atom is 0.160 e. The average Bonchev–Trinajstić information content (AvgIpc) is 2.99. The van der Waals surface area contributed by atoms with E-state index >= 15 is 0 Å². The molecule has 5 nitrogen and oxygen atoms in total. The third kappa shape index (κ3) is 2.10. The highest BCUT2D eigenvalue weighted by Crippen LogP contribution is 2.25. The van der Waals surface area contributed by atoms with Gasteiger partial charge in [0, 0.05) is 12.3 Å². The summed E-state index contributed by atoms with van der Waals surface area (Å²) in [6.45, 7) is 4.44. The highest BCUT2D eigenvalue weighted by Gasteiger charge is 2.18. The second kappa shape index (κ2) is 4.66. The van der Waals surface area contributed by atoms with Crippen molar-refractivity contribution in [3.8, 4) is 0 Å². The van der Waals surface area contributed by atoms with E-state index in [2.05, 4.69) is 15.1 Å². The number of hydrogen-bond donors (Lipinski definition) is 0. The van der Waals surface area contributed by atoms with Crippen molar-refractivity contribution in [2.24, 2.45) is 0 Å². The van der Waals surface area contributed by atoms with E-state index in [1.165, 1.54) is 0 Å². The first-order valence-corrected chi connectivity index (χ1v) is 6.46. The Morgan fingerprint density at radius 3 is 2.89 bits per heavy atom. The summed E-state index contributed by atoms with van der Waals surface area (Å²) in [7, 11) is 0. The molecule has 0 saturated heterocycles. The molecule has 0 aliphatic carbocycles. The van der Waals surface area contributed by atoms with Crippen LogP contribution in [0.5, 0.6) is 0 Å². The molecule has 3 aromatic heterocycles. The van der Waals surface area contributed by atoms with E-state index in [0.29, 0.717) is 6.54 Å². The zero-order valence-corrected chi connectivity index (χ0v) is 11.4. The number of alkyl halides is 1. The Kier molecular flexibility index (Phi) is 2.98. The van der Waals surface area contributed by atoms with E-state index in [-0.39, 0.29) is 5.38 Å². The Bertz CT molecular complexity index is 703. The lowest BCUT2D eigenvalue weighted by Gasteiger charge is -2.07. The molecule has 0 aromatic carbocycles. The second-order valence-corrected chi connectivity index (χ2v) is 5.11. The Hall–Kier alpha value is -1.88. The Morgan fingerprint density at radius 1 is 1.37 bits per heavy atom. The maximum atomic E-state index is 6.21. The summed E-state index contributed by atoms with van der Waals surface area (Å²) in [5.41, 5.74) is 2.78. The van der Waals surface area contributed by atoms with Gasteiger partial charge in [-0.3, -0.25) is 0 Å². The van der Waals surface area contributed by atoms with Crippen LogP contribution in [0, 0.1) is 6.92 Å². The van der Waals surface area contributed by atoms with Gasteiger partial charge >= 0.3 is 0 Å². The quantitative estimate of drug-likeness (QED) is 0.690. The molecule has 0 spiro atoms. The van der Waals surface area contributed by atoms with Crippen molar-refractivity contribution >= 4 is 22.8 Å². The van der Waals surface area contributed by atoms with E-state index in [4.69, 9.17) is 16.1 Å². The molecule has 0 N–H and O–H groups in total. The molecule has 0 bridgehead atoms. The number of rotatable bonds is 3. The van der Waals surface area contributed by atoms with Gasteiger partial charge in [0.25, 0.3) is 0 Å². The van der Waals surface area contributed by atoms with Crippen LogP contribution in [0.4, 0.5) is 0 Å². The minimum Gasteiger partial charge on any atom is -0.359 e. The van der Waals surface area contributed by atoms with Gasteiger partial charge < -0.3 is 9.09 Å². The molecule has 3 heterocycles. The van der Waals surface area contributed by atoms with E-state index in [9.17, 15) is 0 Å². The van der Waals surface area contributed by atoms with Crippen molar-refractivity contribution in [3.05, 3.63) is 41.7 Å². The maximum absolute atomic E-state index is 6.21. The first kappa shape index (κ1) is 12.2. The van der Waals surface area contributed by atoms with E-state index in [0.717, 1.165) is 28.3 Å². The van der Waals surface area contributed by atoms with Crippen LogP contribution < -0.4 is 0 Å². The van der Waals surface area contributed by atoms with Crippen molar-refractivity contribution in [2.45, 2.75) is 25.8 Å². The number of nitrogens with zero attached hydrogens (tertiary/aromatic N) is 4. The SMILES string of the molecule is Cc1ccnc2c1nc(C(C)Cl)n2Cc1ccno1. The van der Waals surface area contributed by atoms with Gasteiger partial charge in [-0.2, -0.15) is 0 Å². The summed E-state index contributed by atoms with van der Waals surface area (Å²) < 4.78 is 7.12. The Labute approximate surface area is 115 Å². The molecule has 0 amide bonds. The van der Waals surface area contributed by atoms with Gasteiger partial charge in [0.2, 0.25) is 0 Å². The molecule has 19 heavy (non-hydrogen) atoms. The van der Waals surface area contributed by atoms with Gasteiger partial charge in [-0.15, -0.1) is 11.6 Å². The summed E-state index contributed by atoms with van der Waals surface area (Å²) >= 11 is 6.21. The third-order valence-corrected chi connectivity index (χ3v) is 3.22. The highest BCUT2D eigenvalue weighted by atomic mass is 35.5. The number of halogens is 1. The van der Waals surface area contributed by atoms with Crippen LogP contribution in [0.25, 0.3) is 11.2 Å². The van der Waals surface area contributed by atoms with Gasteiger partial charge in [-0.25, -0.2) is 9.97 Å². The van der Waals surface area contributed by atoms with Crippen molar-refractivity contribution in [1.82, 2.24) is 19.7 Å². The molecular formula is C13H13ClN4O. The topological polar surface area (TPSA) is 56.7 Å². The van der Waals surface area contributed by atoms with Crippen LogP contribution in [-0.4, -0.2) is 19.7 Å². The first-order chi connectivity index (χ1) is 9.16. The predicted octanol–water partition coefficient (Wildman–Crippen LogP) is 3.08. The molecule has 3 aromatic rings. The van der Waals surface area contributed by atoms with Crippen molar-refractivity contribution < 1.29 is 4.52 Å². The van der Waals surface area contributed by atoms with Crippen LogP contribution in [0.3, 0.4) is 0 Å². The van der Waals surface area contributed by atoms with Crippen molar-refractivity contribution in [2.75, 3.05) is 0 Å². The standard InChI is InChI=1S/C13H13ClN4O/c1-8-3-5-15-13-11(8)17-12(9(2)14)18(13)7-10-4-6-16-19-10/h3-6,9H,7H2,1-2H3. The van der Waals surface area contributed by atoms with E-state index < -0.39 is 0 Å². The predicted molar refractivity (Wildman–Crippen MR) is 72.1 cm³/mol. The summed E-state index contributed by atoms with van der Waals surface area (Å²) in [4.78, 5) is 9.00. The molecule has 0 radical (unpaired) electrons. The number of aryl methyl sites for hydroxylation is 1. The summed E-state index contributed by atoms with van der Waals surface area (Å²) in [6.07, 6.45) is 3.40. The normalized spacial score (nSPS) is 13.0. The largest absolute Gasteiger partial charge is 0.359 e. The molecule has 1 atom stereocenters. The molecule has 0 fully saturated rings. The minimum absolute atomic E-state index is 0.198. The Morgan fingerprint density at radius 2 is 2.21 bits per heavy atom. The number of fused-ring (bicyclic) bond motifs is 1. The summed E-state index contributed by atoms with van der Waals surface area (Å²) in [5.74, 6) is 1.54. The molecule has 0 saturated carbocycles. The number of aromatic nitrogens is 4. The number of pyridine rings is 1. The van der Waals surface area contributed by atoms with E-state index in [1.807, 2.05) is 30.5 Å². The van der Waals surface area contributed by atoms with Crippen LogP contribution in [0.15, 0.2) is 29.0 Å². The average molecular weight is 277 g/mol. The lowest BCUT2D eigenvalue weighted by Crippen LogP contribution is -2.05. The molecule has 6 heteroatoms. The van der Waals surface area contributed by atoms with E-state index in [1.54, 1.807) is 12.4 Å². The van der Waals surface area contributed by atoms with Crippen LogP contribution in [-0.2, 0) is 6.54 Å². The fourth-order valence-electron chi connectivity index (χ4n) is 2.09. The minimum atomic E-state index is -0.198. The fraction of sp³-hybridized carbons (Fsp3) is 0.308. The lowest BCUT2D eigenvalue weighted by molar-refractivity contribution is 0.376. The molecule has 1 unspecified atom stereocenters. The zero-order valence-electron chi connectivity index (χ0n) is 10.7. The summed E-state index contributed by atoms with van der Waals surface area (Å²) in [5, 5.41) is 3.52. The highest BCUT2D eigenvalue weighted by molar-refractivity contribution is 6.20. The van der Waals surface area contributed by atoms with Gasteiger partial charge in [-0.1, -0.05) is 5.16 Å². The molecular weight excluding hydrogens is 264 g/mol. The first-order valence-electron chi connectivity index (χ1n) is 6.02. The summed E-state index contributed by atoms with van der Waals surface area (Å²) in [6, 6.07) is 3.76. The van der Waals surface area contributed by atoms with Crippen LogP contribution in [0.2, 0.25) is 0 Å². The van der Waals surface area contributed by atoms with Crippen LogP contribution >= 0.6 is 11.6 Å². The molecule has 3 rings (SSSR count). The fourth-order valence-corrected chi connectivity index (χ4v) is 2.26. The van der Waals surface area contributed by atoms with Crippen molar-refractivity contribution in [3.63, 3.8) is 0 Å². The molecule has 98 valence electrons. The second-order valence-electron chi connectivity index (χ2n) is 4.45. The number of hydrogen-bond acceptors (Lipinski definition) is 4. The van der Waals surface area contributed by atoms with Crippen LogP contribution in [0.1, 0.15) is 29.4 Å². The third-order valence-electron chi connectivity index (χ3n) is 3.03. The van der Waals surface area contributed by atoms with Gasteiger partial charge in [-0.05, 0) is 25.5 Å².